The van der Waals surface area contributed by atoms with Crippen LogP contribution in [0.4, 0.5) is 5.00 Å². The van der Waals surface area contributed by atoms with Crippen LogP contribution in [-0.2, 0) is 27.2 Å². The summed E-state index contributed by atoms with van der Waals surface area (Å²) in [5.41, 5.74) is 1.89. The van der Waals surface area contributed by atoms with Crippen molar-refractivity contribution in [2.45, 2.75) is 66.4 Å². The molecule has 0 atom stereocenters. The number of thioether (sulfide) groups is 1. The van der Waals surface area contributed by atoms with Gasteiger partial charge in [-0.1, -0.05) is 25.6 Å². The Morgan fingerprint density at radius 2 is 1.95 bits per heavy atom. The molecular weight excluding hydrogens is 527 g/mol. The summed E-state index contributed by atoms with van der Waals surface area (Å²) in [7, 11) is 0. The second-order valence-electron chi connectivity index (χ2n) is 9.89. The Morgan fingerprint density at radius 3 is 2.62 bits per heavy atom. The molecule has 4 rings (SSSR count). The second kappa shape index (κ2) is 12.0. The van der Waals surface area contributed by atoms with E-state index < -0.39 is 0 Å². The van der Waals surface area contributed by atoms with Crippen LogP contribution < -0.4 is 5.32 Å². The number of carbonyl (C=O) groups excluding carboxylic acids is 3. The number of thiophene rings is 2. The highest BCUT2D eigenvalue weighted by atomic mass is 32.2. The fraction of sp³-hybridized carbons (Fsp3) is 0.481. The van der Waals surface area contributed by atoms with Gasteiger partial charge in [0.2, 0.25) is 5.91 Å². The highest BCUT2D eigenvalue weighted by Gasteiger charge is 2.32. The maximum atomic E-state index is 13.1. The fourth-order valence-electron chi connectivity index (χ4n) is 4.27. The van der Waals surface area contributed by atoms with Crippen LogP contribution in [0.15, 0.2) is 22.8 Å². The van der Waals surface area contributed by atoms with E-state index >= 15 is 0 Å². The number of aryl methyl sites for hydroxylation is 2. The number of rotatable bonds is 8. The number of anilines is 1. The number of aliphatic imine (C=N–C) groups is 1. The molecule has 37 heavy (non-hydrogen) atoms. The molecule has 10 heteroatoms. The monoisotopic (exact) mass is 559 g/mol. The average Bonchev–Trinajstić information content (AvgIpc) is 3.48. The minimum Gasteiger partial charge on any atom is -0.459 e. The number of hydrogen-bond donors (Lipinski definition) is 1. The first-order chi connectivity index (χ1) is 17.6. The van der Waals surface area contributed by atoms with Crippen LogP contribution >= 0.6 is 34.4 Å². The van der Waals surface area contributed by atoms with Gasteiger partial charge in [-0.05, 0) is 76.1 Å². The lowest BCUT2D eigenvalue weighted by molar-refractivity contribution is -0.123. The van der Waals surface area contributed by atoms with Gasteiger partial charge in [-0.3, -0.25) is 14.5 Å². The van der Waals surface area contributed by atoms with Gasteiger partial charge in [0.05, 0.1) is 17.4 Å². The molecule has 1 aliphatic carbocycles. The van der Waals surface area contributed by atoms with E-state index in [9.17, 15) is 14.4 Å². The van der Waals surface area contributed by atoms with E-state index in [0.717, 1.165) is 41.0 Å². The second-order valence-corrected chi connectivity index (χ2v) is 13.3. The minimum atomic E-state index is -0.384. The lowest BCUT2D eigenvalue weighted by Gasteiger charge is -2.19. The highest BCUT2D eigenvalue weighted by Crippen LogP contribution is 2.39. The summed E-state index contributed by atoms with van der Waals surface area (Å²) in [6.45, 7) is 10.3. The third-order valence-corrected chi connectivity index (χ3v) is 8.93. The van der Waals surface area contributed by atoms with Gasteiger partial charge in [0.25, 0.3) is 5.91 Å². The first-order valence-corrected chi connectivity index (χ1v) is 15.2. The zero-order valence-electron chi connectivity index (χ0n) is 21.9. The van der Waals surface area contributed by atoms with Crippen molar-refractivity contribution in [2.75, 3.05) is 17.6 Å². The average molecular weight is 560 g/mol. The molecule has 2 aliphatic rings. The van der Waals surface area contributed by atoms with Crippen LogP contribution in [0.5, 0.6) is 0 Å². The molecule has 1 N–H and O–H groups in total. The van der Waals surface area contributed by atoms with Crippen molar-refractivity contribution in [1.29, 1.82) is 0 Å². The van der Waals surface area contributed by atoms with Crippen LogP contribution in [0.2, 0.25) is 0 Å². The Bertz CT molecular complexity index is 1260. The van der Waals surface area contributed by atoms with Crippen LogP contribution in [0.1, 0.15) is 71.1 Å². The van der Waals surface area contributed by atoms with E-state index in [-0.39, 0.29) is 35.6 Å². The molecule has 0 saturated heterocycles. The van der Waals surface area contributed by atoms with Gasteiger partial charge in [-0.2, -0.15) is 0 Å². The summed E-state index contributed by atoms with van der Waals surface area (Å²) in [6, 6.07) is 3.99. The fourth-order valence-corrected chi connectivity index (χ4v) is 7.18. The summed E-state index contributed by atoms with van der Waals surface area (Å²) in [4.78, 5) is 48.5. The lowest BCUT2D eigenvalue weighted by atomic mass is 9.95. The van der Waals surface area contributed by atoms with Crippen molar-refractivity contribution in [1.82, 2.24) is 4.90 Å². The van der Waals surface area contributed by atoms with Crippen LogP contribution in [0.3, 0.4) is 0 Å². The van der Waals surface area contributed by atoms with Crippen molar-refractivity contribution < 1.29 is 19.1 Å². The Labute approximate surface area is 230 Å². The molecule has 7 nitrogen and oxygen atoms in total. The zero-order valence-corrected chi connectivity index (χ0v) is 24.3. The number of fused-ring (bicyclic) bond motifs is 1. The molecule has 0 unspecified atom stereocenters. The number of esters is 1. The van der Waals surface area contributed by atoms with Crippen molar-refractivity contribution in [3.05, 3.63) is 43.6 Å². The van der Waals surface area contributed by atoms with Crippen LogP contribution in [-0.4, -0.2) is 46.3 Å². The molecule has 0 fully saturated rings. The van der Waals surface area contributed by atoms with Crippen LogP contribution in [0.25, 0.3) is 6.08 Å². The van der Waals surface area contributed by atoms with Gasteiger partial charge in [-0.25, -0.2) is 9.79 Å². The SMILES string of the molecule is Cc1ccc(/C=C2/N=C(SCC(=O)Nc3sc4c(c3C(=O)OC(C)C)CCCC4)N(CC(C)C)C2=O)s1. The smallest absolute Gasteiger partial charge is 0.341 e. The Hall–Kier alpha value is -2.43. The molecule has 0 spiro atoms. The Morgan fingerprint density at radius 1 is 1.19 bits per heavy atom. The molecule has 3 heterocycles. The summed E-state index contributed by atoms with van der Waals surface area (Å²) in [5.74, 6) is -0.447. The first kappa shape index (κ1) is 27.6. The normalized spacial score (nSPS) is 16.5. The van der Waals surface area contributed by atoms with Gasteiger partial charge in [0.1, 0.15) is 10.7 Å². The molecule has 2 aromatic heterocycles. The maximum absolute atomic E-state index is 13.1. The van der Waals surface area contributed by atoms with Crippen molar-refractivity contribution in [3.63, 3.8) is 0 Å². The summed E-state index contributed by atoms with van der Waals surface area (Å²) in [6.07, 6.45) is 5.40. The number of nitrogens with zero attached hydrogens (tertiary/aromatic N) is 2. The molecule has 1 aliphatic heterocycles. The number of nitrogens with one attached hydrogen (secondary N) is 1. The summed E-state index contributed by atoms with van der Waals surface area (Å²) < 4.78 is 5.49. The third kappa shape index (κ3) is 6.72. The van der Waals surface area contributed by atoms with Crippen molar-refractivity contribution >= 4 is 68.5 Å². The topological polar surface area (TPSA) is 88.1 Å². The summed E-state index contributed by atoms with van der Waals surface area (Å²) in [5, 5.41) is 4.04. The lowest BCUT2D eigenvalue weighted by Crippen LogP contribution is -2.34. The zero-order chi connectivity index (χ0) is 26.7. The van der Waals surface area contributed by atoms with Gasteiger partial charge in [0, 0.05) is 21.2 Å². The largest absolute Gasteiger partial charge is 0.459 e. The number of carbonyl (C=O) groups is 3. The number of amidine groups is 1. The molecule has 0 saturated carbocycles. The van der Waals surface area contributed by atoms with Gasteiger partial charge < -0.3 is 10.1 Å². The Balaban J connectivity index is 1.50. The number of hydrogen-bond acceptors (Lipinski definition) is 8. The van der Waals surface area contributed by atoms with E-state index in [0.29, 0.717) is 28.0 Å². The standard InChI is InChI=1S/C27H33N3O4S3/c1-15(2)13-30-25(32)20(12-18-11-10-17(5)36-18)28-27(30)35-14-22(31)29-24-23(26(33)34-16(3)4)19-8-6-7-9-21(19)37-24/h10-12,15-16H,6-9,13-14H2,1-5H3,(H,29,31)/b20-12+. The van der Waals surface area contributed by atoms with E-state index in [2.05, 4.69) is 10.3 Å². The molecule has 0 bridgehead atoms. The molecule has 0 aromatic carbocycles. The quantitative estimate of drug-likeness (QED) is 0.311. The molecule has 2 aromatic rings. The predicted octanol–water partition coefficient (Wildman–Crippen LogP) is 6.13. The van der Waals surface area contributed by atoms with Gasteiger partial charge in [0.15, 0.2) is 5.17 Å². The predicted molar refractivity (Wildman–Crippen MR) is 154 cm³/mol. The van der Waals surface area contributed by atoms with Gasteiger partial charge >= 0.3 is 5.97 Å². The number of amides is 2. The third-order valence-electron chi connectivity index (χ3n) is 5.80. The van der Waals surface area contributed by atoms with Crippen molar-refractivity contribution in [2.24, 2.45) is 10.9 Å². The van der Waals surface area contributed by atoms with Crippen LogP contribution in [0, 0.1) is 12.8 Å². The summed E-state index contributed by atoms with van der Waals surface area (Å²) >= 11 is 4.32. The van der Waals surface area contributed by atoms with Crippen molar-refractivity contribution in [3.8, 4) is 0 Å². The molecule has 0 radical (unpaired) electrons. The van der Waals surface area contributed by atoms with Gasteiger partial charge in [-0.15, -0.1) is 22.7 Å². The molecular formula is C27H33N3O4S3. The first-order valence-electron chi connectivity index (χ1n) is 12.6. The number of ether oxygens (including phenoxy) is 1. The maximum Gasteiger partial charge on any atom is 0.341 e. The van der Waals surface area contributed by atoms with E-state index in [1.807, 2.05) is 52.8 Å². The minimum absolute atomic E-state index is 0.0767. The highest BCUT2D eigenvalue weighted by molar-refractivity contribution is 8.14. The van der Waals surface area contributed by atoms with E-state index in [4.69, 9.17) is 4.74 Å². The molecule has 198 valence electrons. The van der Waals surface area contributed by atoms with E-state index in [1.165, 1.54) is 28.0 Å². The Kier molecular flexibility index (Phi) is 8.92. The molecule has 2 amide bonds. The van der Waals surface area contributed by atoms with E-state index in [1.54, 1.807) is 16.2 Å².